The normalized spacial score (nSPS) is 12.2. The molecule has 0 aliphatic heterocycles. The number of esters is 1. The number of ketones is 1. The van der Waals surface area contributed by atoms with Gasteiger partial charge in [-0.25, -0.2) is 0 Å². The van der Waals surface area contributed by atoms with Crippen molar-refractivity contribution in [3.05, 3.63) is 0 Å². The number of carbonyl (C=O) groups is 2. The molecule has 1 atom stereocenters. The van der Waals surface area contributed by atoms with Crippen molar-refractivity contribution in [2.75, 3.05) is 13.7 Å². The van der Waals surface area contributed by atoms with Crippen molar-refractivity contribution in [3.8, 4) is 0 Å². The summed E-state index contributed by atoms with van der Waals surface area (Å²) in [5, 5.41) is 0. The zero-order chi connectivity index (χ0) is 10.3. The molecule has 0 aliphatic carbocycles. The van der Waals surface area contributed by atoms with E-state index in [2.05, 4.69) is 4.74 Å². The van der Waals surface area contributed by atoms with E-state index in [4.69, 9.17) is 4.74 Å². The van der Waals surface area contributed by atoms with E-state index in [1.54, 1.807) is 6.92 Å². The Morgan fingerprint density at radius 1 is 1.38 bits per heavy atom. The van der Waals surface area contributed by atoms with Gasteiger partial charge in [-0.1, -0.05) is 6.92 Å². The number of ether oxygens (including phenoxy) is 2. The van der Waals surface area contributed by atoms with Gasteiger partial charge in [0.25, 0.3) is 0 Å². The van der Waals surface area contributed by atoms with Gasteiger partial charge in [0.1, 0.15) is 13.0 Å². The minimum atomic E-state index is -0.476. The van der Waals surface area contributed by atoms with Gasteiger partial charge in [0, 0.05) is 7.11 Å². The molecule has 0 aromatic carbocycles. The molecule has 0 N–H and O–H groups in total. The topological polar surface area (TPSA) is 52.6 Å². The number of rotatable bonds is 6. The molecule has 0 saturated carbocycles. The number of hydrogen-bond acceptors (Lipinski definition) is 4. The number of hydrogen-bond donors (Lipinski definition) is 0. The molecule has 0 amide bonds. The first-order valence-corrected chi connectivity index (χ1v) is 4.30. The standard InChI is InChI=1S/C9H16O4/c1-4-7(2)13-9(11)5-8(10)6-12-3/h7H,4-6H2,1-3H3. The van der Waals surface area contributed by atoms with Crippen molar-refractivity contribution >= 4 is 11.8 Å². The molecule has 4 heteroatoms. The second-order valence-corrected chi connectivity index (χ2v) is 2.86. The molecule has 0 aromatic heterocycles. The van der Waals surface area contributed by atoms with Gasteiger partial charge in [0.15, 0.2) is 5.78 Å². The Balaban J connectivity index is 3.67. The van der Waals surface area contributed by atoms with Crippen LogP contribution >= 0.6 is 0 Å². The van der Waals surface area contributed by atoms with Crippen molar-refractivity contribution < 1.29 is 19.1 Å². The van der Waals surface area contributed by atoms with Gasteiger partial charge in [-0.15, -0.1) is 0 Å². The lowest BCUT2D eigenvalue weighted by atomic mass is 10.3. The Labute approximate surface area is 78.2 Å². The van der Waals surface area contributed by atoms with Crippen LogP contribution in [0.15, 0.2) is 0 Å². The highest BCUT2D eigenvalue weighted by Gasteiger charge is 2.12. The maximum absolute atomic E-state index is 11.0. The largest absolute Gasteiger partial charge is 0.462 e. The second kappa shape index (κ2) is 6.60. The number of carbonyl (C=O) groups excluding carboxylic acids is 2. The van der Waals surface area contributed by atoms with Gasteiger partial charge < -0.3 is 9.47 Å². The van der Waals surface area contributed by atoms with E-state index >= 15 is 0 Å². The fraction of sp³-hybridized carbons (Fsp3) is 0.778. The van der Waals surface area contributed by atoms with Crippen LogP contribution < -0.4 is 0 Å². The molecule has 4 nitrogen and oxygen atoms in total. The molecule has 13 heavy (non-hydrogen) atoms. The van der Waals surface area contributed by atoms with Gasteiger partial charge in [0.05, 0.1) is 6.10 Å². The lowest BCUT2D eigenvalue weighted by Crippen LogP contribution is -2.19. The van der Waals surface area contributed by atoms with E-state index in [1.807, 2.05) is 6.92 Å². The number of methoxy groups -OCH3 is 1. The van der Waals surface area contributed by atoms with Crippen molar-refractivity contribution in [2.45, 2.75) is 32.8 Å². The summed E-state index contributed by atoms with van der Waals surface area (Å²) in [6, 6.07) is 0. The first kappa shape index (κ1) is 12.1. The average molecular weight is 188 g/mol. The third kappa shape index (κ3) is 6.28. The van der Waals surface area contributed by atoms with E-state index in [-0.39, 0.29) is 24.9 Å². The fourth-order valence-electron chi connectivity index (χ4n) is 0.722. The van der Waals surface area contributed by atoms with Gasteiger partial charge >= 0.3 is 5.97 Å². The molecule has 0 bridgehead atoms. The molecule has 0 aliphatic rings. The van der Waals surface area contributed by atoms with Crippen molar-refractivity contribution in [1.29, 1.82) is 0 Å². The smallest absolute Gasteiger partial charge is 0.313 e. The van der Waals surface area contributed by atoms with Gasteiger partial charge in [-0.3, -0.25) is 9.59 Å². The molecule has 0 spiro atoms. The van der Waals surface area contributed by atoms with E-state index in [1.165, 1.54) is 7.11 Å². The molecular weight excluding hydrogens is 172 g/mol. The van der Waals surface area contributed by atoms with Crippen LogP contribution in [0.3, 0.4) is 0 Å². The Bertz CT molecular complexity index is 176. The quantitative estimate of drug-likeness (QED) is 0.459. The summed E-state index contributed by atoms with van der Waals surface area (Å²) in [6.45, 7) is 3.67. The van der Waals surface area contributed by atoms with Crippen molar-refractivity contribution in [1.82, 2.24) is 0 Å². The molecule has 1 unspecified atom stereocenters. The van der Waals surface area contributed by atoms with E-state index in [9.17, 15) is 9.59 Å². The molecule has 0 radical (unpaired) electrons. The highest BCUT2D eigenvalue weighted by Crippen LogP contribution is 1.99. The summed E-state index contributed by atoms with van der Waals surface area (Å²) in [6.07, 6.45) is 0.436. The molecular formula is C9H16O4. The summed E-state index contributed by atoms with van der Waals surface area (Å²) in [7, 11) is 1.41. The molecule has 0 aromatic rings. The average Bonchev–Trinajstić information content (AvgIpc) is 2.04. The summed E-state index contributed by atoms with van der Waals surface area (Å²) >= 11 is 0. The SMILES string of the molecule is CCC(C)OC(=O)CC(=O)COC. The highest BCUT2D eigenvalue weighted by atomic mass is 16.5. The van der Waals surface area contributed by atoms with Gasteiger partial charge in [-0.05, 0) is 13.3 Å². The Hall–Kier alpha value is -0.900. The molecule has 0 heterocycles. The van der Waals surface area contributed by atoms with Crippen LogP contribution in [0.5, 0.6) is 0 Å². The lowest BCUT2D eigenvalue weighted by Gasteiger charge is -2.09. The fourth-order valence-corrected chi connectivity index (χ4v) is 0.722. The first-order chi connectivity index (χ1) is 6.10. The Morgan fingerprint density at radius 2 is 2.00 bits per heavy atom. The molecule has 76 valence electrons. The van der Waals surface area contributed by atoms with Gasteiger partial charge in [-0.2, -0.15) is 0 Å². The summed E-state index contributed by atoms with van der Waals surface area (Å²) in [5.74, 6) is -0.729. The third-order valence-corrected chi connectivity index (χ3v) is 1.55. The van der Waals surface area contributed by atoms with Crippen LogP contribution in [0, 0.1) is 0 Å². The van der Waals surface area contributed by atoms with Crippen LogP contribution in [0.1, 0.15) is 26.7 Å². The predicted molar refractivity (Wildman–Crippen MR) is 47.3 cm³/mol. The Kier molecular flexibility index (Phi) is 6.14. The Morgan fingerprint density at radius 3 is 2.46 bits per heavy atom. The van der Waals surface area contributed by atoms with Crippen molar-refractivity contribution in [2.24, 2.45) is 0 Å². The van der Waals surface area contributed by atoms with Crippen molar-refractivity contribution in [3.63, 3.8) is 0 Å². The van der Waals surface area contributed by atoms with E-state index in [0.717, 1.165) is 6.42 Å². The number of Topliss-reactive ketones (excluding diaryl/α,β-unsaturated/α-hetero) is 1. The molecule has 0 fully saturated rings. The van der Waals surface area contributed by atoms with E-state index in [0.29, 0.717) is 0 Å². The third-order valence-electron chi connectivity index (χ3n) is 1.55. The van der Waals surface area contributed by atoms with Crippen LogP contribution in [0.25, 0.3) is 0 Å². The summed E-state index contributed by atoms with van der Waals surface area (Å²) < 4.78 is 9.48. The van der Waals surface area contributed by atoms with Crippen LogP contribution in [0.4, 0.5) is 0 Å². The monoisotopic (exact) mass is 188 g/mol. The maximum Gasteiger partial charge on any atom is 0.313 e. The maximum atomic E-state index is 11.0. The zero-order valence-electron chi connectivity index (χ0n) is 8.33. The highest BCUT2D eigenvalue weighted by molar-refractivity contribution is 5.96. The minimum Gasteiger partial charge on any atom is -0.462 e. The van der Waals surface area contributed by atoms with Crippen LogP contribution in [0.2, 0.25) is 0 Å². The first-order valence-electron chi connectivity index (χ1n) is 4.30. The predicted octanol–water partition coefficient (Wildman–Crippen LogP) is 0.934. The summed E-state index contributed by atoms with van der Waals surface area (Å²) in [4.78, 5) is 21.9. The second-order valence-electron chi connectivity index (χ2n) is 2.86. The summed E-state index contributed by atoms with van der Waals surface area (Å²) in [5.41, 5.74) is 0. The molecule has 0 saturated heterocycles. The van der Waals surface area contributed by atoms with Gasteiger partial charge in [0.2, 0.25) is 0 Å². The van der Waals surface area contributed by atoms with Crippen LogP contribution in [-0.4, -0.2) is 31.6 Å². The minimum absolute atomic E-state index is 0.0321. The molecule has 0 rings (SSSR count). The van der Waals surface area contributed by atoms with Crippen LogP contribution in [-0.2, 0) is 19.1 Å². The zero-order valence-corrected chi connectivity index (χ0v) is 8.33. The van der Waals surface area contributed by atoms with E-state index < -0.39 is 5.97 Å². The lowest BCUT2D eigenvalue weighted by molar-refractivity contribution is -0.150.